The fraction of sp³-hybridized carbons (Fsp3) is 0.409. The molecule has 1 heterocycles. The molecule has 1 aliphatic rings. The molecule has 0 spiro atoms. The van der Waals surface area contributed by atoms with Crippen molar-refractivity contribution >= 4 is 23.2 Å². The van der Waals surface area contributed by atoms with Gasteiger partial charge in [0.1, 0.15) is 0 Å². The van der Waals surface area contributed by atoms with Crippen molar-refractivity contribution in [2.45, 2.75) is 19.9 Å². The first-order valence-electron chi connectivity index (χ1n) is 9.56. The summed E-state index contributed by atoms with van der Waals surface area (Å²) in [5, 5.41) is 3.75. The average molecular weight is 386 g/mol. The Kier molecular flexibility index (Phi) is 6.75. The van der Waals surface area contributed by atoms with Crippen molar-refractivity contribution in [1.82, 2.24) is 10.2 Å². The molecule has 0 radical (unpaired) electrons. The number of benzene rings is 2. The molecule has 3 rings (SSSR count). The lowest BCUT2D eigenvalue weighted by atomic mass is 9.98. The number of hydrogen-bond acceptors (Lipinski definition) is 3. The van der Waals surface area contributed by atoms with Crippen LogP contribution in [0, 0.1) is 5.92 Å². The topological polar surface area (TPSA) is 35.6 Å². The highest BCUT2D eigenvalue weighted by molar-refractivity contribution is 6.30. The highest BCUT2D eigenvalue weighted by Gasteiger charge is 2.20. The number of amides is 1. The Bertz CT molecular complexity index is 754. The molecule has 2 aromatic carbocycles. The van der Waals surface area contributed by atoms with Crippen molar-refractivity contribution in [3.05, 3.63) is 64.7 Å². The number of piperazine rings is 1. The number of carbonyl (C=O) groups is 1. The maximum Gasteiger partial charge on any atom is 0.223 e. The zero-order valence-electron chi connectivity index (χ0n) is 16.1. The Morgan fingerprint density at radius 1 is 1.07 bits per heavy atom. The highest BCUT2D eigenvalue weighted by atomic mass is 35.5. The zero-order chi connectivity index (χ0) is 19.2. The standard InChI is InChI=1S/C22H28ClN3O/c1-17(22(27)24-16-18-7-9-20(23)10-8-18)15-19-5-3-4-6-21(19)26-13-11-25(2)12-14-26/h3-10,17H,11-16H2,1-2H3,(H,24,27). The fourth-order valence-electron chi connectivity index (χ4n) is 3.43. The van der Waals surface area contributed by atoms with Crippen molar-refractivity contribution in [2.75, 3.05) is 38.1 Å². The molecule has 1 aliphatic heterocycles. The van der Waals surface area contributed by atoms with Crippen LogP contribution < -0.4 is 10.2 Å². The number of anilines is 1. The lowest BCUT2D eigenvalue weighted by Gasteiger charge is -2.35. The first kappa shape index (κ1) is 19.7. The van der Waals surface area contributed by atoms with Gasteiger partial charge in [0.25, 0.3) is 0 Å². The van der Waals surface area contributed by atoms with Crippen molar-refractivity contribution in [3.63, 3.8) is 0 Å². The molecule has 1 fully saturated rings. The van der Waals surface area contributed by atoms with Crippen molar-refractivity contribution in [3.8, 4) is 0 Å². The SMILES string of the molecule is CC(Cc1ccccc1N1CCN(C)CC1)C(=O)NCc1ccc(Cl)cc1. The Hall–Kier alpha value is -2.04. The summed E-state index contributed by atoms with van der Waals surface area (Å²) in [7, 11) is 2.16. The van der Waals surface area contributed by atoms with Gasteiger partial charge in [0.2, 0.25) is 5.91 Å². The van der Waals surface area contributed by atoms with E-state index >= 15 is 0 Å². The van der Waals surface area contributed by atoms with E-state index in [0.29, 0.717) is 11.6 Å². The molecule has 4 nitrogen and oxygen atoms in total. The van der Waals surface area contributed by atoms with Gasteiger partial charge in [0, 0.05) is 49.4 Å². The number of likely N-dealkylation sites (N-methyl/N-ethyl adjacent to an activating group) is 1. The van der Waals surface area contributed by atoms with Crippen LogP contribution in [0.25, 0.3) is 0 Å². The lowest BCUT2D eigenvalue weighted by molar-refractivity contribution is -0.124. The number of nitrogens with zero attached hydrogens (tertiary/aromatic N) is 2. The predicted molar refractivity (Wildman–Crippen MR) is 112 cm³/mol. The molecular formula is C22H28ClN3O. The number of rotatable bonds is 6. The van der Waals surface area contributed by atoms with Gasteiger partial charge in [-0.1, -0.05) is 48.9 Å². The summed E-state index contributed by atoms with van der Waals surface area (Å²) in [4.78, 5) is 17.4. The van der Waals surface area contributed by atoms with Gasteiger partial charge in [-0.25, -0.2) is 0 Å². The molecule has 1 atom stereocenters. The van der Waals surface area contributed by atoms with Crippen LogP contribution in [-0.2, 0) is 17.8 Å². The predicted octanol–water partition coefficient (Wildman–Crippen LogP) is 3.59. The quantitative estimate of drug-likeness (QED) is 0.825. The Labute approximate surface area is 167 Å². The molecule has 1 amide bonds. The largest absolute Gasteiger partial charge is 0.369 e. The summed E-state index contributed by atoms with van der Waals surface area (Å²) >= 11 is 5.91. The minimum absolute atomic E-state index is 0.0779. The number of hydrogen-bond donors (Lipinski definition) is 1. The monoisotopic (exact) mass is 385 g/mol. The first-order valence-corrected chi connectivity index (χ1v) is 9.94. The van der Waals surface area contributed by atoms with Gasteiger partial charge >= 0.3 is 0 Å². The van der Waals surface area contributed by atoms with Crippen molar-refractivity contribution in [1.29, 1.82) is 0 Å². The molecule has 27 heavy (non-hydrogen) atoms. The maximum absolute atomic E-state index is 12.6. The third-order valence-electron chi connectivity index (χ3n) is 5.19. The second-order valence-corrected chi connectivity index (χ2v) is 7.80. The number of carbonyl (C=O) groups excluding carboxylic acids is 1. The van der Waals surface area contributed by atoms with Crippen LogP contribution in [0.5, 0.6) is 0 Å². The molecule has 1 saturated heterocycles. The Morgan fingerprint density at radius 2 is 1.74 bits per heavy atom. The van der Waals surface area contributed by atoms with E-state index in [1.165, 1.54) is 11.3 Å². The van der Waals surface area contributed by atoms with Crippen LogP contribution in [0.15, 0.2) is 48.5 Å². The van der Waals surface area contributed by atoms with E-state index in [1.807, 2.05) is 31.2 Å². The molecule has 0 bridgehead atoms. The molecule has 1 unspecified atom stereocenters. The first-order chi connectivity index (χ1) is 13.0. The second-order valence-electron chi connectivity index (χ2n) is 7.37. The van der Waals surface area contributed by atoms with Gasteiger partial charge in [0.15, 0.2) is 0 Å². The van der Waals surface area contributed by atoms with E-state index in [-0.39, 0.29) is 11.8 Å². The summed E-state index contributed by atoms with van der Waals surface area (Å²) in [5.74, 6) is 0.00375. The second kappa shape index (κ2) is 9.25. The van der Waals surface area contributed by atoms with Gasteiger partial charge in [0.05, 0.1) is 0 Å². The summed E-state index contributed by atoms with van der Waals surface area (Å²) in [6.45, 7) is 6.74. The van der Waals surface area contributed by atoms with Crippen LogP contribution in [0.3, 0.4) is 0 Å². The molecule has 1 N–H and O–H groups in total. The van der Waals surface area contributed by atoms with Crippen LogP contribution in [-0.4, -0.2) is 44.0 Å². The van der Waals surface area contributed by atoms with Gasteiger partial charge < -0.3 is 15.1 Å². The van der Waals surface area contributed by atoms with Crippen molar-refractivity contribution < 1.29 is 4.79 Å². The summed E-state index contributed by atoms with van der Waals surface area (Å²) in [5.41, 5.74) is 3.57. The van der Waals surface area contributed by atoms with Gasteiger partial charge in [-0.2, -0.15) is 0 Å². The van der Waals surface area contributed by atoms with E-state index in [1.54, 1.807) is 0 Å². The fourth-order valence-corrected chi connectivity index (χ4v) is 3.55. The van der Waals surface area contributed by atoms with Gasteiger partial charge in [-0.3, -0.25) is 4.79 Å². The zero-order valence-corrected chi connectivity index (χ0v) is 16.9. The van der Waals surface area contributed by atoms with E-state index < -0.39 is 0 Å². The van der Waals surface area contributed by atoms with Gasteiger partial charge in [-0.05, 0) is 42.8 Å². The van der Waals surface area contributed by atoms with E-state index in [2.05, 4.69) is 46.4 Å². The number of nitrogens with one attached hydrogen (secondary N) is 1. The van der Waals surface area contributed by atoms with Crippen LogP contribution in [0.2, 0.25) is 5.02 Å². The lowest BCUT2D eigenvalue weighted by Crippen LogP contribution is -2.44. The molecule has 0 aromatic heterocycles. The van der Waals surface area contributed by atoms with Crippen LogP contribution in [0.1, 0.15) is 18.1 Å². The summed E-state index contributed by atoms with van der Waals surface area (Å²) in [6, 6.07) is 16.1. The van der Waals surface area contributed by atoms with E-state index in [0.717, 1.165) is 38.2 Å². The van der Waals surface area contributed by atoms with Gasteiger partial charge in [-0.15, -0.1) is 0 Å². The summed E-state index contributed by atoms with van der Waals surface area (Å²) in [6.07, 6.45) is 0.745. The minimum Gasteiger partial charge on any atom is -0.369 e. The molecular weight excluding hydrogens is 358 g/mol. The molecule has 144 valence electrons. The van der Waals surface area contributed by atoms with E-state index in [4.69, 9.17) is 11.6 Å². The molecule has 0 saturated carbocycles. The smallest absolute Gasteiger partial charge is 0.223 e. The number of para-hydroxylation sites is 1. The molecule has 0 aliphatic carbocycles. The molecule has 5 heteroatoms. The number of halogens is 1. The van der Waals surface area contributed by atoms with Crippen LogP contribution >= 0.6 is 11.6 Å². The third-order valence-corrected chi connectivity index (χ3v) is 5.44. The average Bonchev–Trinajstić information content (AvgIpc) is 2.68. The summed E-state index contributed by atoms with van der Waals surface area (Å²) < 4.78 is 0. The molecule has 2 aromatic rings. The van der Waals surface area contributed by atoms with Crippen molar-refractivity contribution in [2.24, 2.45) is 5.92 Å². The normalized spacial score (nSPS) is 16.2. The highest BCUT2D eigenvalue weighted by Crippen LogP contribution is 2.24. The third kappa shape index (κ3) is 5.47. The Balaban J connectivity index is 1.59. The van der Waals surface area contributed by atoms with E-state index in [9.17, 15) is 4.79 Å². The Morgan fingerprint density at radius 3 is 2.44 bits per heavy atom. The van der Waals surface area contributed by atoms with Crippen LogP contribution in [0.4, 0.5) is 5.69 Å². The maximum atomic E-state index is 12.6. The minimum atomic E-state index is -0.0779.